The molecule has 0 saturated heterocycles. The number of carbonyl (C=O) groups is 1. The van der Waals surface area contributed by atoms with Crippen molar-refractivity contribution in [2.24, 2.45) is 23.7 Å². The second-order valence-corrected chi connectivity index (χ2v) is 7.25. The van der Waals surface area contributed by atoms with Crippen molar-refractivity contribution in [1.29, 1.82) is 0 Å². The average molecular weight is 290 g/mol. The van der Waals surface area contributed by atoms with Crippen molar-refractivity contribution < 1.29 is 4.79 Å². The molecule has 0 aromatic rings. The summed E-state index contributed by atoms with van der Waals surface area (Å²) < 4.78 is 0. The van der Waals surface area contributed by atoms with Gasteiger partial charge in [-0.1, -0.05) is 71.4 Å². The van der Waals surface area contributed by atoms with Crippen LogP contribution in [0.25, 0.3) is 0 Å². The molecule has 21 heavy (non-hydrogen) atoms. The third-order valence-electron chi connectivity index (χ3n) is 3.54. The highest BCUT2D eigenvalue weighted by Gasteiger charge is 2.25. The minimum Gasteiger partial charge on any atom is -0.294 e. The summed E-state index contributed by atoms with van der Waals surface area (Å²) in [6, 6.07) is 0. The van der Waals surface area contributed by atoms with Crippen LogP contribution in [-0.2, 0) is 4.79 Å². The Kier molecular flexibility index (Phi) is 9.24. The standard InChI is InChI=1S/C20H34O/c1-14(2)11-9-10-12-18(16(5)6)20(21)19(17(7)8)13-15(3)4/h9-12,14-15,17,19H,13H2,1-8H3/b11-9-,12-10-. The lowest BCUT2D eigenvalue weighted by Crippen LogP contribution is -2.23. The normalized spacial score (nSPS) is 13.9. The van der Waals surface area contributed by atoms with E-state index in [-0.39, 0.29) is 5.92 Å². The van der Waals surface area contributed by atoms with Crippen molar-refractivity contribution in [1.82, 2.24) is 0 Å². The van der Waals surface area contributed by atoms with Crippen LogP contribution in [0.3, 0.4) is 0 Å². The van der Waals surface area contributed by atoms with E-state index >= 15 is 0 Å². The Morgan fingerprint density at radius 3 is 1.90 bits per heavy atom. The minimum atomic E-state index is 0.119. The molecular weight excluding hydrogens is 256 g/mol. The van der Waals surface area contributed by atoms with Crippen LogP contribution < -0.4 is 0 Å². The molecule has 0 heterocycles. The van der Waals surface area contributed by atoms with Crippen LogP contribution in [0.1, 0.15) is 61.8 Å². The molecule has 1 unspecified atom stereocenters. The van der Waals surface area contributed by atoms with Crippen molar-refractivity contribution in [3.8, 4) is 0 Å². The molecule has 1 atom stereocenters. The number of rotatable bonds is 8. The van der Waals surface area contributed by atoms with Crippen LogP contribution in [-0.4, -0.2) is 5.78 Å². The van der Waals surface area contributed by atoms with Gasteiger partial charge in [-0.3, -0.25) is 4.79 Å². The molecule has 120 valence electrons. The summed E-state index contributed by atoms with van der Waals surface area (Å²) in [6.07, 6.45) is 9.10. The molecule has 0 amide bonds. The van der Waals surface area contributed by atoms with Crippen molar-refractivity contribution >= 4 is 5.78 Å². The first-order chi connectivity index (χ1) is 9.66. The number of hydrogen-bond acceptors (Lipinski definition) is 1. The van der Waals surface area contributed by atoms with E-state index in [9.17, 15) is 4.79 Å². The Bertz CT molecular complexity index is 402. The molecule has 0 aliphatic rings. The SMILES string of the molecule is CC(C)=C(/C=C\C=C/C(C)C)C(=O)C(CC(C)C)C(C)C. The molecule has 0 aromatic heterocycles. The third-order valence-corrected chi connectivity index (χ3v) is 3.54. The maximum atomic E-state index is 12.9. The highest BCUT2D eigenvalue weighted by atomic mass is 16.1. The van der Waals surface area contributed by atoms with Crippen molar-refractivity contribution in [3.05, 3.63) is 35.5 Å². The van der Waals surface area contributed by atoms with Gasteiger partial charge in [0.2, 0.25) is 0 Å². The molecule has 0 rings (SSSR count). The zero-order chi connectivity index (χ0) is 16.6. The van der Waals surface area contributed by atoms with Crippen molar-refractivity contribution in [3.63, 3.8) is 0 Å². The maximum Gasteiger partial charge on any atom is 0.166 e. The Morgan fingerprint density at radius 2 is 1.52 bits per heavy atom. The van der Waals surface area contributed by atoms with Crippen molar-refractivity contribution in [2.45, 2.75) is 61.8 Å². The number of hydrogen-bond donors (Lipinski definition) is 0. The van der Waals surface area contributed by atoms with Gasteiger partial charge in [0.05, 0.1) is 0 Å². The molecule has 0 aromatic carbocycles. The zero-order valence-electron chi connectivity index (χ0n) is 15.2. The second-order valence-electron chi connectivity index (χ2n) is 7.25. The summed E-state index contributed by atoms with van der Waals surface area (Å²) in [4.78, 5) is 12.9. The van der Waals surface area contributed by atoms with Crippen molar-refractivity contribution in [2.75, 3.05) is 0 Å². The van der Waals surface area contributed by atoms with Gasteiger partial charge in [0, 0.05) is 11.5 Å². The van der Waals surface area contributed by atoms with Gasteiger partial charge in [0.15, 0.2) is 5.78 Å². The van der Waals surface area contributed by atoms with E-state index in [0.717, 1.165) is 17.6 Å². The Hall–Kier alpha value is -1.11. The third kappa shape index (κ3) is 8.04. The Labute approximate surface area is 132 Å². The monoisotopic (exact) mass is 290 g/mol. The lowest BCUT2D eigenvalue weighted by Gasteiger charge is -2.22. The van der Waals surface area contributed by atoms with E-state index in [1.54, 1.807) is 0 Å². The number of carbonyl (C=O) groups excluding carboxylic acids is 1. The molecular formula is C20H34O. The summed E-state index contributed by atoms with van der Waals surface area (Å²) in [7, 11) is 0. The summed E-state index contributed by atoms with van der Waals surface area (Å²) in [5.41, 5.74) is 1.98. The lowest BCUT2D eigenvalue weighted by molar-refractivity contribution is -0.120. The number of allylic oxidation sites excluding steroid dienone is 6. The molecule has 0 radical (unpaired) electrons. The minimum absolute atomic E-state index is 0.119. The largest absolute Gasteiger partial charge is 0.294 e. The second kappa shape index (κ2) is 9.76. The van der Waals surface area contributed by atoms with Gasteiger partial charge in [0.1, 0.15) is 0 Å². The van der Waals surface area contributed by atoms with Gasteiger partial charge in [-0.2, -0.15) is 0 Å². The van der Waals surface area contributed by atoms with E-state index in [2.05, 4.69) is 47.6 Å². The van der Waals surface area contributed by atoms with E-state index in [1.165, 1.54) is 0 Å². The fourth-order valence-corrected chi connectivity index (χ4v) is 2.32. The highest BCUT2D eigenvalue weighted by Crippen LogP contribution is 2.26. The Balaban J connectivity index is 5.20. The molecule has 0 aliphatic carbocycles. The molecule has 0 fully saturated rings. The highest BCUT2D eigenvalue weighted by molar-refractivity contribution is 6.00. The first kappa shape index (κ1) is 19.9. The topological polar surface area (TPSA) is 17.1 Å². The van der Waals surface area contributed by atoms with Gasteiger partial charge >= 0.3 is 0 Å². The summed E-state index contributed by atoms with van der Waals surface area (Å²) in [5.74, 6) is 1.88. The summed E-state index contributed by atoms with van der Waals surface area (Å²) >= 11 is 0. The van der Waals surface area contributed by atoms with E-state index in [0.29, 0.717) is 23.5 Å². The number of Topliss-reactive ketones (excluding diaryl/α,β-unsaturated/α-hetero) is 1. The quantitative estimate of drug-likeness (QED) is 0.397. The van der Waals surface area contributed by atoms with Crippen LogP contribution in [0.2, 0.25) is 0 Å². The van der Waals surface area contributed by atoms with Gasteiger partial charge in [-0.25, -0.2) is 0 Å². The van der Waals surface area contributed by atoms with Gasteiger partial charge in [-0.15, -0.1) is 0 Å². The Morgan fingerprint density at radius 1 is 0.952 bits per heavy atom. The van der Waals surface area contributed by atoms with Crippen LogP contribution in [0.5, 0.6) is 0 Å². The molecule has 0 saturated carbocycles. The first-order valence-corrected chi connectivity index (χ1v) is 8.23. The van der Waals surface area contributed by atoms with Crippen LogP contribution >= 0.6 is 0 Å². The van der Waals surface area contributed by atoms with E-state index in [4.69, 9.17) is 0 Å². The van der Waals surface area contributed by atoms with Crippen LogP contribution in [0.15, 0.2) is 35.5 Å². The predicted octanol–water partition coefficient (Wildman–Crippen LogP) is 5.98. The van der Waals surface area contributed by atoms with Crippen LogP contribution in [0.4, 0.5) is 0 Å². The zero-order valence-corrected chi connectivity index (χ0v) is 15.2. The van der Waals surface area contributed by atoms with E-state index < -0.39 is 0 Å². The van der Waals surface area contributed by atoms with E-state index in [1.807, 2.05) is 32.1 Å². The lowest BCUT2D eigenvalue weighted by atomic mass is 9.81. The summed E-state index contributed by atoms with van der Waals surface area (Å²) in [5, 5.41) is 0. The maximum absolute atomic E-state index is 12.9. The average Bonchev–Trinajstić information content (AvgIpc) is 2.33. The summed E-state index contributed by atoms with van der Waals surface area (Å²) in [6.45, 7) is 17.0. The molecule has 0 N–H and O–H groups in total. The molecule has 0 bridgehead atoms. The molecule has 0 aliphatic heterocycles. The predicted molar refractivity (Wildman–Crippen MR) is 94.3 cm³/mol. The van der Waals surface area contributed by atoms with Gasteiger partial charge in [-0.05, 0) is 38.0 Å². The van der Waals surface area contributed by atoms with Crippen LogP contribution in [0, 0.1) is 23.7 Å². The fraction of sp³-hybridized carbons (Fsp3) is 0.650. The van der Waals surface area contributed by atoms with Gasteiger partial charge < -0.3 is 0 Å². The molecule has 1 nitrogen and oxygen atoms in total. The van der Waals surface area contributed by atoms with Gasteiger partial charge in [0.25, 0.3) is 0 Å². The fourth-order valence-electron chi connectivity index (χ4n) is 2.32. The number of ketones is 1. The molecule has 1 heteroatoms. The smallest absolute Gasteiger partial charge is 0.166 e. The molecule has 0 spiro atoms. The first-order valence-electron chi connectivity index (χ1n) is 8.23.